The van der Waals surface area contributed by atoms with Crippen LogP contribution in [-0.4, -0.2) is 43.8 Å². The molecule has 0 radical (unpaired) electrons. The molecule has 1 aromatic rings. The quantitative estimate of drug-likeness (QED) is 0.671. The van der Waals surface area contributed by atoms with Crippen molar-refractivity contribution < 1.29 is 23.8 Å². The topological polar surface area (TPSA) is 88.9 Å². The van der Waals surface area contributed by atoms with E-state index in [0.29, 0.717) is 5.75 Å². The van der Waals surface area contributed by atoms with E-state index in [9.17, 15) is 9.59 Å². The monoisotopic (exact) mass is 348 g/mol. The fraction of sp³-hybridized carbons (Fsp3) is 0.500. The number of carbonyl (C=O) groups excluding carboxylic acids is 2. The van der Waals surface area contributed by atoms with Crippen LogP contribution in [0.15, 0.2) is 24.3 Å². The van der Waals surface area contributed by atoms with Crippen molar-refractivity contribution in [3.63, 3.8) is 0 Å². The van der Waals surface area contributed by atoms with E-state index in [4.69, 9.17) is 14.7 Å². The van der Waals surface area contributed by atoms with Gasteiger partial charge >= 0.3 is 12.1 Å². The Hall–Kier alpha value is -2.75. The van der Waals surface area contributed by atoms with Crippen LogP contribution in [-0.2, 0) is 14.3 Å². The van der Waals surface area contributed by atoms with Crippen molar-refractivity contribution in [2.45, 2.75) is 26.8 Å². The third kappa shape index (κ3) is 6.71. The van der Waals surface area contributed by atoms with E-state index in [0.717, 1.165) is 5.56 Å². The Morgan fingerprint density at radius 3 is 2.36 bits per heavy atom. The molecule has 0 saturated heterocycles. The normalized spacial score (nSPS) is 11.4. The molecule has 0 N–H and O–H groups in total. The highest BCUT2D eigenvalue weighted by Crippen LogP contribution is 2.23. The molecule has 1 atom stereocenters. The van der Waals surface area contributed by atoms with Gasteiger partial charge in [0, 0.05) is 0 Å². The van der Waals surface area contributed by atoms with Crippen molar-refractivity contribution in [1.82, 2.24) is 4.90 Å². The number of benzene rings is 1. The fourth-order valence-electron chi connectivity index (χ4n) is 2.02. The maximum Gasteiger partial charge on any atom is 0.410 e. The Labute approximate surface area is 148 Å². The molecule has 0 aromatic heterocycles. The van der Waals surface area contributed by atoms with E-state index in [1.165, 1.54) is 12.0 Å². The van der Waals surface area contributed by atoms with Crippen molar-refractivity contribution >= 4 is 12.1 Å². The first-order valence-electron chi connectivity index (χ1n) is 7.99. The van der Waals surface area contributed by atoms with Crippen LogP contribution in [0.25, 0.3) is 0 Å². The number of ether oxygens (including phenoxy) is 3. The molecule has 7 nitrogen and oxygen atoms in total. The van der Waals surface area contributed by atoms with E-state index in [-0.39, 0.29) is 25.7 Å². The summed E-state index contributed by atoms with van der Waals surface area (Å²) in [6.45, 7) is 5.68. The van der Waals surface area contributed by atoms with Gasteiger partial charge in [0.05, 0.1) is 19.8 Å². The van der Waals surface area contributed by atoms with Gasteiger partial charge in [-0.15, -0.1) is 0 Å². The molecule has 0 aliphatic heterocycles. The molecule has 1 aromatic carbocycles. The van der Waals surface area contributed by atoms with Crippen LogP contribution in [0, 0.1) is 17.2 Å². The van der Waals surface area contributed by atoms with Crippen molar-refractivity contribution in [3.05, 3.63) is 29.8 Å². The van der Waals surface area contributed by atoms with Gasteiger partial charge < -0.3 is 14.2 Å². The first-order chi connectivity index (χ1) is 11.9. The lowest BCUT2D eigenvalue weighted by molar-refractivity contribution is -0.142. The van der Waals surface area contributed by atoms with Gasteiger partial charge in [0.25, 0.3) is 0 Å². The molecule has 136 valence electrons. The van der Waals surface area contributed by atoms with Gasteiger partial charge in [-0.3, -0.25) is 9.69 Å². The number of nitriles is 1. The highest BCUT2D eigenvalue weighted by Gasteiger charge is 2.26. The zero-order chi connectivity index (χ0) is 18.8. The molecular formula is C18H24N2O5. The molecular weight excluding hydrogens is 324 g/mol. The minimum absolute atomic E-state index is 0.0368. The van der Waals surface area contributed by atoms with E-state index in [2.05, 4.69) is 4.74 Å². The van der Waals surface area contributed by atoms with Gasteiger partial charge in [0.15, 0.2) is 6.61 Å². The number of amides is 1. The van der Waals surface area contributed by atoms with Gasteiger partial charge in [-0.05, 0) is 30.5 Å². The summed E-state index contributed by atoms with van der Waals surface area (Å²) in [5, 5.41) is 8.52. The molecule has 0 heterocycles. The number of hydrogen-bond donors (Lipinski definition) is 0. The van der Waals surface area contributed by atoms with Crippen LogP contribution in [0.3, 0.4) is 0 Å². The molecule has 0 spiro atoms. The molecule has 0 aliphatic rings. The summed E-state index contributed by atoms with van der Waals surface area (Å²) in [6, 6.07) is 8.46. The van der Waals surface area contributed by atoms with Gasteiger partial charge in [-0.1, -0.05) is 26.0 Å². The third-order valence-electron chi connectivity index (χ3n) is 3.44. The lowest BCUT2D eigenvalue weighted by Crippen LogP contribution is -2.39. The summed E-state index contributed by atoms with van der Waals surface area (Å²) in [7, 11) is 1.27. The maximum atomic E-state index is 12.4. The standard InChI is InChI=1S/C18H24N2O5/c1-13(2)12-25-18(22)20(11-17(21)23-4)14(3)15-5-7-16(8-6-15)24-10-9-19/h5-8,13-14H,10-12H2,1-4H3/t14-/m0/s1. The zero-order valence-corrected chi connectivity index (χ0v) is 15.0. The molecule has 1 rings (SSSR count). The van der Waals surface area contributed by atoms with Crippen molar-refractivity contribution in [2.75, 3.05) is 26.9 Å². The zero-order valence-electron chi connectivity index (χ0n) is 15.0. The van der Waals surface area contributed by atoms with E-state index < -0.39 is 18.1 Å². The fourth-order valence-corrected chi connectivity index (χ4v) is 2.02. The Kier molecular flexibility index (Phi) is 8.27. The minimum atomic E-state index is -0.573. The predicted octanol–water partition coefficient (Wildman–Crippen LogP) is 2.92. The Balaban J connectivity index is 2.90. The van der Waals surface area contributed by atoms with E-state index in [1.807, 2.05) is 19.9 Å². The average molecular weight is 348 g/mol. The van der Waals surface area contributed by atoms with Gasteiger partial charge in [-0.25, -0.2) is 4.79 Å². The van der Waals surface area contributed by atoms with E-state index in [1.54, 1.807) is 31.2 Å². The predicted molar refractivity (Wildman–Crippen MR) is 90.9 cm³/mol. The highest BCUT2D eigenvalue weighted by molar-refractivity contribution is 5.78. The van der Waals surface area contributed by atoms with Crippen LogP contribution in [0.2, 0.25) is 0 Å². The summed E-state index contributed by atoms with van der Waals surface area (Å²) < 4.78 is 15.1. The molecule has 0 unspecified atom stereocenters. The second-order valence-corrected chi connectivity index (χ2v) is 5.87. The Morgan fingerprint density at radius 2 is 1.84 bits per heavy atom. The number of methoxy groups -OCH3 is 1. The molecule has 0 fully saturated rings. The summed E-state index contributed by atoms with van der Waals surface area (Å²) >= 11 is 0. The highest BCUT2D eigenvalue weighted by atomic mass is 16.6. The van der Waals surface area contributed by atoms with Crippen molar-refractivity contribution in [1.29, 1.82) is 5.26 Å². The Bertz CT molecular complexity index is 607. The first-order valence-corrected chi connectivity index (χ1v) is 7.99. The average Bonchev–Trinajstić information content (AvgIpc) is 2.62. The van der Waals surface area contributed by atoms with Crippen LogP contribution in [0.5, 0.6) is 5.75 Å². The molecule has 1 amide bonds. The Morgan fingerprint density at radius 1 is 1.20 bits per heavy atom. The van der Waals surface area contributed by atoms with Crippen molar-refractivity contribution in [3.8, 4) is 11.8 Å². The number of rotatable bonds is 8. The molecule has 0 bridgehead atoms. The van der Waals surface area contributed by atoms with Crippen LogP contribution < -0.4 is 4.74 Å². The largest absolute Gasteiger partial charge is 0.479 e. The van der Waals surface area contributed by atoms with E-state index >= 15 is 0 Å². The van der Waals surface area contributed by atoms with Crippen LogP contribution in [0.1, 0.15) is 32.4 Å². The van der Waals surface area contributed by atoms with Gasteiger partial charge in [-0.2, -0.15) is 5.26 Å². The molecule has 7 heteroatoms. The maximum absolute atomic E-state index is 12.4. The van der Waals surface area contributed by atoms with Gasteiger partial charge in [0.2, 0.25) is 0 Å². The van der Waals surface area contributed by atoms with Crippen molar-refractivity contribution in [2.24, 2.45) is 5.92 Å². The summed E-state index contributed by atoms with van der Waals surface area (Å²) in [6.07, 6.45) is -0.573. The number of nitrogens with zero attached hydrogens (tertiary/aromatic N) is 2. The lowest BCUT2D eigenvalue weighted by atomic mass is 10.1. The van der Waals surface area contributed by atoms with Gasteiger partial charge in [0.1, 0.15) is 18.4 Å². The summed E-state index contributed by atoms with van der Waals surface area (Å²) in [4.78, 5) is 25.3. The van der Waals surface area contributed by atoms with Crippen LogP contribution in [0.4, 0.5) is 4.79 Å². The second-order valence-electron chi connectivity index (χ2n) is 5.87. The first kappa shape index (κ1) is 20.3. The molecule has 25 heavy (non-hydrogen) atoms. The lowest BCUT2D eigenvalue weighted by Gasteiger charge is -2.28. The minimum Gasteiger partial charge on any atom is -0.479 e. The summed E-state index contributed by atoms with van der Waals surface area (Å²) in [5.74, 6) is 0.220. The third-order valence-corrected chi connectivity index (χ3v) is 3.44. The molecule has 0 aliphatic carbocycles. The second kappa shape index (κ2) is 10.2. The number of carbonyl (C=O) groups is 2. The molecule has 0 saturated carbocycles. The number of hydrogen-bond acceptors (Lipinski definition) is 6. The SMILES string of the molecule is COC(=O)CN(C(=O)OCC(C)C)[C@@H](C)c1ccc(OCC#N)cc1. The summed E-state index contributed by atoms with van der Waals surface area (Å²) in [5.41, 5.74) is 0.801. The van der Waals surface area contributed by atoms with Crippen LogP contribution >= 0.6 is 0 Å². The number of esters is 1. The smallest absolute Gasteiger partial charge is 0.410 e.